The van der Waals surface area contributed by atoms with Gasteiger partial charge in [0.15, 0.2) is 0 Å². The van der Waals surface area contributed by atoms with Crippen molar-refractivity contribution in [2.24, 2.45) is 0 Å². The van der Waals surface area contributed by atoms with Gasteiger partial charge in [-0.25, -0.2) is 8.42 Å². The fourth-order valence-electron chi connectivity index (χ4n) is 2.55. The highest BCUT2D eigenvalue weighted by Crippen LogP contribution is 2.30. The summed E-state index contributed by atoms with van der Waals surface area (Å²) in [5.41, 5.74) is 0.290. The predicted octanol–water partition coefficient (Wildman–Crippen LogP) is 1.92. The molecule has 1 heterocycles. The largest absolute Gasteiger partial charge is 0.340 e. The second-order valence-corrected chi connectivity index (χ2v) is 8.62. The summed E-state index contributed by atoms with van der Waals surface area (Å²) in [6.45, 7) is 2.99. The summed E-state index contributed by atoms with van der Waals surface area (Å²) in [7, 11) is -1.57. The van der Waals surface area contributed by atoms with E-state index >= 15 is 0 Å². The zero-order chi connectivity index (χ0) is 17.9. The molecule has 1 aromatic carbocycles. The van der Waals surface area contributed by atoms with Gasteiger partial charge in [-0.15, -0.1) is 0 Å². The third kappa shape index (κ3) is 4.99. The SMILES string of the molecule is CN1CCN(C(=O)CCN(c2cc(Cl)ccc2Cl)S(C)(=O)=O)CC1. The van der Waals surface area contributed by atoms with E-state index in [0.717, 1.165) is 23.7 Å². The van der Waals surface area contributed by atoms with E-state index < -0.39 is 10.0 Å². The van der Waals surface area contributed by atoms with E-state index in [2.05, 4.69) is 4.90 Å². The Balaban J connectivity index is 2.10. The van der Waals surface area contributed by atoms with Crippen LogP contribution in [-0.4, -0.2) is 70.2 Å². The quantitative estimate of drug-likeness (QED) is 0.766. The van der Waals surface area contributed by atoms with Gasteiger partial charge in [0.25, 0.3) is 0 Å². The van der Waals surface area contributed by atoms with Crippen LogP contribution >= 0.6 is 23.2 Å². The molecule has 0 aromatic heterocycles. The van der Waals surface area contributed by atoms with Crippen LogP contribution in [0.5, 0.6) is 0 Å². The summed E-state index contributed by atoms with van der Waals surface area (Å²) in [6.07, 6.45) is 1.18. The number of anilines is 1. The molecule has 24 heavy (non-hydrogen) atoms. The van der Waals surface area contributed by atoms with Crippen LogP contribution in [0.2, 0.25) is 10.0 Å². The molecule has 1 amide bonds. The van der Waals surface area contributed by atoms with Crippen molar-refractivity contribution in [3.05, 3.63) is 28.2 Å². The highest BCUT2D eigenvalue weighted by molar-refractivity contribution is 7.92. The first-order chi connectivity index (χ1) is 11.2. The van der Waals surface area contributed by atoms with Crippen LogP contribution in [0, 0.1) is 0 Å². The van der Waals surface area contributed by atoms with E-state index in [-0.39, 0.29) is 29.6 Å². The molecule has 1 fully saturated rings. The monoisotopic (exact) mass is 393 g/mol. The number of hydrogen-bond acceptors (Lipinski definition) is 4. The molecule has 9 heteroatoms. The minimum atomic E-state index is -3.58. The molecule has 0 radical (unpaired) electrons. The lowest BCUT2D eigenvalue weighted by atomic mass is 10.2. The van der Waals surface area contributed by atoms with Crippen molar-refractivity contribution in [1.82, 2.24) is 9.80 Å². The summed E-state index contributed by atoms with van der Waals surface area (Å²) < 4.78 is 25.4. The fourth-order valence-corrected chi connectivity index (χ4v) is 3.92. The summed E-state index contributed by atoms with van der Waals surface area (Å²) in [6, 6.07) is 4.62. The Morgan fingerprint density at radius 3 is 2.42 bits per heavy atom. The van der Waals surface area contributed by atoms with Crippen LogP contribution in [-0.2, 0) is 14.8 Å². The van der Waals surface area contributed by atoms with Crippen molar-refractivity contribution in [2.45, 2.75) is 6.42 Å². The van der Waals surface area contributed by atoms with Gasteiger partial charge in [-0.1, -0.05) is 23.2 Å². The van der Waals surface area contributed by atoms with Gasteiger partial charge < -0.3 is 9.80 Å². The number of likely N-dealkylation sites (N-methyl/N-ethyl adjacent to an activating group) is 1. The maximum absolute atomic E-state index is 12.3. The van der Waals surface area contributed by atoms with Gasteiger partial charge in [0.05, 0.1) is 17.0 Å². The van der Waals surface area contributed by atoms with Gasteiger partial charge in [0.1, 0.15) is 0 Å². The third-order valence-corrected chi connectivity index (χ3v) is 5.70. The van der Waals surface area contributed by atoms with Gasteiger partial charge in [-0.2, -0.15) is 0 Å². The lowest BCUT2D eigenvalue weighted by Crippen LogP contribution is -2.48. The van der Waals surface area contributed by atoms with E-state index in [9.17, 15) is 13.2 Å². The van der Waals surface area contributed by atoms with Gasteiger partial charge in [0.2, 0.25) is 15.9 Å². The maximum atomic E-state index is 12.3. The Morgan fingerprint density at radius 1 is 1.21 bits per heavy atom. The lowest BCUT2D eigenvalue weighted by Gasteiger charge is -2.33. The molecule has 0 saturated carbocycles. The molecule has 0 aliphatic carbocycles. The Kier molecular flexibility index (Phi) is 6.36. The number of carbonyl (C=O) groups excluding carboxylic acids is 1. The van der Waals surface area contributed by atoms with Crippen LogP contribution in [0.15, 0.2) is 18.2 Å². The van der Waals surface area contributed by atoms with Crippen molar-refractivity contribution in [2.75, 3.05) is 50.3 Å². The number of carbonyl (C=O) groups is 1. The number of amides is 1. The normalized spacial score (nSPS) is 16.2. The van der Waals surface area contributed by atoms with Crippen LogP contribution in [0.1, 0.15) is 6.42 Å². The number of hydrogen-bond donors (Lipinski definition) is 0. The van der Waals surface area contributed by atoms with Gasteiger partial charge in [-0.3, -0.25) is 9.10 Å². The molecular weight excluding hydrogens is 373 g/mol. The number of sulfonamides is 1. The average molecular weight is 394 g/mol. The van der Waals surface area contributed by atoms with Crippen LogP contribution in [0.3, 0.4) is 0 Å². The highest BCUT2D eigenvalue weighted by atomic mass is 35.5. The first kappa shape index (κ1) is 19.3. The van der Waals surface area contributed by atoms with Crippen molar-refractivity contribution in [3.63, 3.8) is 0 Å². The molecule has 1 aliphatic heterocycles. The third-order valence-electron chi connectivity index (χ3n) is 3.96. The van der Waals surface area contributed by atoms with Crippen molar-refractivity contribution in [1.29, 1.82) is 0 Å². The fraction of sp³-hybridized carbons (Fsp3) is 0.533. The number of piperazine rings is 1. The van der Waals surface area contributed by atoms with Crippen LogP contribution < -0.4 is 4.31 Å². The zero-order valence-corrected chi connectivity index (χ0v) is 16.0. The van der Waals surface area contributed by atoms with Crippen molar-refractivity contribution >= 4 is 44.8 Å². The Hall–Kier alpha value is -1.02. The van der Waals surface area contributed by atoms with Gasteiger partial charge in [-0.05, 0) is 25.2 Å². The molecule has 1 aliphatic rings. The first-order valence-electron chi connectivity index (χ1n) is 7.57. The zero-order valence-electron chi connectivity index (χ0n) is 13.7. The molecule has 1 aromatic rings. The molecule has 0 spiro atoms. The number of halogens is 2. The van der Waals surface area contributed by atoms with Gasteiger partial charge in [0, 0.05) is 44.2 Å². The number of nitrogens with zero attached hydrogens (tertiary/aromatic N) is 3. The van der Waals surface area contributed by atoms with Crippen molar-refractivity contribution < 1.29 is 13.2 Å². The minimum absolute atomic E-state index is 0.0318. The van der Waals surface area contributed by atoms with E-state index in [1.165, 1.54) is 6.07 Å². The standard InChI is InChI=1S/C15H21Cl2N3O3S/c1-18-7-9-19(10-8-18)15(21)5-6-20(24(2,22)23)14-11-12(16)3-4-13(14)17/h3-4,11H,5-10H2,1-2H3. The molecule has 1 saturated heterocycles. The lowest BCUT2D eigenvalue weighted by molar-refractivity contribution is -0.132. The maximum Gasteiger partial charge on any atom is 0.232 e. The number of benzene rings is 1. The van der Waals surface area contributed by atoms with E-state index in [0.29, 0.717) is 18.1 Å². The summed E-state index contributed by atoms with van der Waals surface area (Å²) in [4.78, 5) is 16.3. The highest BCUT2D eigenvalue weighted by Gasteiger charge is 2.24. The molecule has 0 N–H and O–H groups in total. The Labute approximate surface area is 153 Å². The molecule has 0 atom stereocenters. The molecule has 6 nitrogen and oxygen atoms in total. The molecule has 2 rings (SSSR count). The predicted molar refractivity (Wildman–Crippen MR) is 97.3 cm³/mol. The summed E-state index contributed by atoms with van der Waals surface area (Å²) in [5, 5.41) is 0.658. The summed E-state index contributed by atoms with van der Waals surface area (Å²) >= 11 is 12.1. The Morgan fingerprint density at radius 2 is 1.83 bits per heavy atom. The second kappa shape index (κ2) is 7.91. The van der Waals surface area contributed by atoms with E-state index in [4.69, 9.17) is 23.2 Å². The van der Waals surface area contributed by atoms with Crippen LogP contribution in [0.4, 0.5) is 5.69 Å². The average Bonchev–Trinajstić information content (AvgIpc) is 2.50. The van der Waals surface area contributed by atoms with Crippen molar-refractivity contribution in [3.8, 4) is 0 Å². The first-order valence-corrected chi connectivity index (χ1v) is 10.2. The Bertz CT molecular complexity index is 704. The van der Waals surface area contributed by atoms with E-state index in [1.54, 1.807) is 17.0 Å². The molecule has 0 bridgehead atoms. The van der Waals surface area contributed by atoms with Crippen LogP contribution in [0.25, 0.3) is 0 Å². The topological polar surface area (TPSA) is 60.9 Å². The van der Waals surface area contributed by atoms with Gasteiger partial charge >= 0.3 is 0 Å². The molecular formula is C15H21Cl2N3O3S. The van der Waals surface area contributed by atoms with E-state index in [1.807, 2.05) is 7.05 Å². The molecule has 134 valence electrons. The smallest absolute Gasteiger partial charge is 0.232 e. The molecule has 0 unspecified atom stereocenters. The summed E-state index contributed by atoms with van der Waals surface area (Å²) in [5.74, 6) is -0.0603. The minimum Gasteiger partial charge on any atom is -0.340 e. The second-order valence-electron chi connectivity index (χ2n) is 5.86. The number of rotatable bonds is 5.